The Balaban J connectivity index is 1.78. The number of halogens is 3. The van der Waals surface area contributed by atoms with Crippen LogP contribution in [0.15, 0.2) is 29.3 Å². The predicted octanol–water partition coefficient (Wildman–Crippen LogP) is 3.53. The summed E-state index contributed by atoms with van der Waals surface area (Å²) in [5.74, 6) is 0.494. The molecule has 1 aliphatic rings. The van der Waals surface area contributed by atoms with Gasteiger partial charge in [0.05, 0.1) is 24.8 Å². The van der Waals surface area contributed by atoms with E-state index in [1.807, 2.05) is 20.8 Å². The second-order valence-corrected chi connectivity index (χ2v) is 7.78. The van der Waals surface area contributed by atoms with Crippen molar-refractivity contribution in [3.8, 4) is 5.75 Å². The lowest BCUT2D eigenvalue weighted by Crippen LogP contribution is -2.49. The Kier molecular flexibility index (Phi) is 10.4. The summed E-state index contributed by atoms with van der Waals surface area (Å²) in [7, 11) is 0. The number of hydrogen-bond acceptors (Lipinski definition) is 4. The van der Waals surface area contributed by atoms with Crippen molar-refractivity contribution in [2.45, 2.75) is 51.9 Å². The largest absolute Gasteiger partial charge is 0.491 e. The number of rotatable bonds is 10. The average Bonchev–Trinajstić information content (AvgIpc) is 2.72. The van der Waals surface area contributed by atoms with E-state index >= 15 is 0 Å². The van der Waals surface area contributed by atoms with Crippen molar-refractivity contribution in [1.29, 1.82) is 0 Å². The molecule has 0 unspecified atom stereocenters. The average molecular weight is 445 g/mol. The quantitative estimate of drug-likeness (QED) is 0.329. The van der Waals surface area contributed by atoms with E-state index < -0.39 is 11.7 Å². The summed E-state index contributed by atoms with van der Waals surface area (Å²) in [6.45, 7) is 10.8. The number of likely N-dealkylation sites (tertiary alicyclic amines) is 1. The molecule has 1 saturated heterocycles. The second-order valence-electron chi connectivity index (χ2n) is 7.78. The maximum atomic E-state index is 13.0. The number of ether oxygens (including phenoxy) is 2. The fourth-order valence-corrected chi connectivity index (χ4v) is 3.37. The smallest absolute Gasteiger partial charge is 0.419 e. The van der Waals surface area contributed by atoms with Crippen molar-refractivity contribution < 1.29 is 22.6 Å². The van der Waals surface area contributed by atoms with E-state index in [2.05, 4.69) is 20.5 Å². The van der Waals surface area contributed by atoms with Gasteiger partial charge in [0, 0.05) is 32.2 Å². The molecule has 31 heavy (non-hydrogen) atoms. The SMILES string of the molecule is CCNC(=NCCOc1ccccc1C(F)(F)F)NC1CCN(CCOC(C)C)CC1. The van der Waals surface area contributed by atoms with Crippen molar-refractivity contribution >= 4 is 5.96 Å². The second kappa shape index (κ2) is 12.8. The highest BCUT2D eigenvalue weighted by molar-refractivity contribution is 5.80. The molecular formula is C22H35F3N4O2. The van der Waals surface area contributed by atoms with E-state index in [1.165, 1.54) is 18.2 Å². The van der Waals surface area contributed by atoms with Crippen molar-refractivity contribution in [2.24, 2.45) is 4.99 Å². The Morgan fingerprint density at radius 1 is 1.19 bits per heavy atom. The Hall–Kier alpha value is -2.00. The molecule has 9 heteroatoms. The zero-order valence-corrected chi connectivity index (χ0v) is 18.7. The first-order valence-electron chi connectivity index (χ1n) is 11.0. The number of para-hydroxylation sites is 1. The predicted molar refractivity (Wildman–Crippen MR) is 117 cm³/mol. The molecule has 0 aromatic heterocycles. The highest BCUT2D eigenvalue weighted by Crippen LogP contribution is 2.35. The molecular weight excluding hydrogens is 409 g/mol. The number of nitrogens with one attached hydrogen (secondary N) is 2. The summed E-state index contributed by atoms with van der Waals surface area (Å²) in [5.41, 5.74) is -0.769. The zero-order valence-electron chi connectivity index (χ0n) is 18.7. The monoisotopic (exact) mass is 444 g/mol. The van der Waals surface area contributed by atoms with Gasteiger partial charge in [-0.15, -0.1) is 0 Å². The van der Waals surface area contributed by atoms with Gasteiger partial charge in [-0.1, -0.05) is 12.1 Å². The van der Waals surface area contributed by atoms with Crippen molar-refractivity contribution in [1.82, 2.24) is 15.5 Å². The van der Waals surface area contributed by atoms with Gasteiger partial charge in [-0.25, -0.2) is 4.99 Å². The number of hydrogen-bond donors (Lipinski definition) is 2. The molecule has 0 amide bonds. The van der Waals surface area contributed by atoms with Crippen LogP contribution < -0.4 is 15.4 Å². The molecule has 0 radical (unpaired) electrons. The van der Waals surface area contributed by atoms with Crippen LogP contribution in [0.25, 0.3) is 0 Å². The number of alkyl halides is 3. The Morgan fingerprint density at radius 2 is 1.90 bits per heavy atom. The van der Waals surface area contributed by atoms with E-state index in [1.54, 1.807) is 0 Å². The van der Waals surface area contributed by atoms with Crippen LogP contribution in [-0.4, -0.2) is 68.9 Å². The summed E-state index contributed by atoms with van der Waals surface area (Å²) in [6.07, 6.45) is -2.18. The number of benzene rings is 1. The minimum atomic E-state index is -4.44. The molecule has 0 atom stereocenters. The van der Waals surface area contributed by atoms with E-state index in [-0.39, 0.29) is 25.0 Å². The van der Waals surface area contributed by atoms with Crippen LogP contribution in [0.4, 0.5) is 13.2 Å². The molecule has 0 spiro atoms. The summed E-state index contributed by atoms with van der Waals surface area (Å²) in [6, 6.07) is 5.54. The third-order valence-electron chi connectivity index (χ3n) is 4.94. The third-order valence-corrected chi connectivity index (χ3v) is 4.94. The lowest BCUT2D eigenvalue weighted by atomic mass is 10.1. The topological polar surface area (TPSA) is 58.1 Å². The number of piperidine rings is 1. The molecule has 0 saturated carbocycles. The highest BCUT2D eigenvalue weighted by Gasteiger charge is 2.33. The molecule has 0 aliphatic carbocycles. The standard InChI is InChI=1S/C22H35F3N4O2/c1-4-26-21(28-18-9-12-29(13-10-18)14-16-30-17(2)3)27-11-15-31-20-8-6-5-7-19(20)22(23,24)25/h5-8,17-18H,4,9-16H2,1-3H3,(H2,26,27,28). The van der Waals surface area contributed by atoms with Gasteiger partial charge in [-0.3, -0.25) is 0 Å². The van der Waals surface area contributed by atoms with E-state index in [4.69, 9.17) is 9.47 Å². The maximum absolute atomic E-state index is 13.0. The fourth-order valence-electron chi connectivity index (χ4n) is 3.37. The molecule has 0 bridgehead atoms. The number of guanidine groups is 1. The van der Waals surface area contributed by atoms with Gasteiger partial charge >= 0.3 is 6.18 Å². The van der Waals surface area contributed by atoms with E-state index in [0.29, 0.717) is 18.5 Å². The van der Waals surface area contributed by atoms with Crippen molar-refractivity contribution in [3.05, 3.63) is 29.8 Å². The highest BCUT2D eigenvalue weighted by atomic mass is 19.4. The Labute approximate surface area is 183 Å². The number of aliphatic imine (C=N–C) groups is 1. The first-order chi connectivity index (χ1) is 14.8. The molecule has 176 valence electrons. The third kappa shape index (κ3) is 9.35. The normalized spacial score (nSPS) is 16.5. The maximum Gasteiger partial charge on any atom is 0.419 e. The molecule has 1 fully saturated rings. The lowest BCUT2D eigenvalue weighted by Gasteiger charge is -2.33. The summed E-state index contributed by atoms with van der Waals surface area (Å²) in [4.78, 5) is 6.86. The van der Waals surface area contributed by atoms with Crippen LogP contribution in [0, 0.1) is 0 Å². The van der Waals surface area contributed by atoms with Crippen LogP contribution in [0.1, 0.15) is 39.2 Å². The van der Waals surface area contributed by atoms with Crippen LogP contribution in [-0.2, 0) is 10.9 Å². The summed E-state index contributed by atoms with van der Waals surface area (Å²) < 4.78 is 50.1. The van der Waals surface area contributed by atoms with E-state index in [0.717, 1.165) is 45.1 Å². The van der Waals surface area contributed by atoms with Gasteiger partial charge in [0.2, 0.25) is 0 Å². The first-order valence-corrected chi connectivity index (χ1v) is 11.0. The van der Waals surface area contributed by atoms with Crippen LogP contribution in [0.5, 0.6) is 5.75 Å². The zero-order chi connectivity index (χ0) is 22.7. The molecule has 1 aromatic carbocycles. The molecule has 1 aromatic rings. The van der Waals surface area contributed by atoms with Gasteiger partial charge in [0.1, 0.15) is 12.4 Å². The molecule has 1 aliphatic heterocycles. The molecule has 2 N–H and O–H groups in total. The van der Waals surface area contributed by atoms with Gasteiger partial charge in [-0.2, -0.15) is 13.2 Å². The van der Waals surface area contributed by atoms with Crippen LogP contribution in [0.3, 0.4) is 0 Å². The van der Waals surface area contributed by atoms with Gasteiger partial charge in [0.15, 0.2) is 5.96 Å². The minimum Gasteiger partial charge on any atom is -0.491 e. The van der Waals surface area contributed by atoms with Crippen molar-refractivity contribution in [3.63, 3.8) is 0 Å². The molecule has 2 rings (SSSR count). The Bertz CT molecular complexity index is 675. The van der Waals surface area contributed by atoms with Gasteiger partial charge < -0.3 is 25.0 Å². The summed E-state index contributed by atoms with van der Waals surface area (Å²) in [5, 5.41) is 6.62. The Morgan fingerprint density at radius 3 is 2.55 bits per heavy atom. The van der Waals surface area contributed by atoms with Gasteiger partial charge in [-0.05, 0) is 45.7 Å². The first kappa shape index (κ1) is 25.3. The molecule has 1 heterocycles. The van der Waals surface area contributed by atoms with E-state index in [9.17, 15) is 13.2 Å². The van der Waals surface area contributed by atoms with Crippen molar-refractivity contribution in [2.75, 3.05) is 45.9 Å². The minimum absolute atomic E-state index is 0.0674. The van der Waals surface area contributed by atoms with Gasteiger partial charge in [0.25, 0.3) is 0 Å². The fraction of sp³-hybridized carbons (Fsp3) is 0.682. The van der Waals surface area contributed by atoms with Crippen LogP contribution in [0.2, 0.25) is 0 Å². The van der Waals surface area contributed by atoms with Crippen LogP contribution >= 0.6 is 0 Å². The molecule has 6 nitrogen and oxygen atoms in total. The lowest BCUT2D eigenvalue weighted by molar-refractivity contribution is -0.138. The number of nitrogens with zero attached hydrogens (tertiary/aromatic N) is 2. The summed E-state index contributed by atoms with van der Waals surface area (Å²) >= 11 is 0.